The Morgan fingerprint density at radius 3 is 3.14 bits per heavy atom. The zero-order chi connectivity index (χ0) is 9.54. The molecule has 2 aromatic rings. The Bertz CT molecular complexity index is 487. The molecule has 0 atom stereocenters. The number of benzene rings is 1. The van der Waals surface area contributed by atoms with Gasteiger partial charge >= 0.3 is 0 Å². The van der Waals surface area contributed by atoms with Crippen LogP contribution >= 0.6 is 22.6 Å². The molecule has 3 rings (SSSR count). The predicted octanol–water partition coefficient (Wildman–Crippen LogP) is 2.35. The Balaban J connectivity index is 2.32. The molecular weight excluding hydrogens is 287 g/mol. The lowest BCUT2D eigenvalue weighted by Gasteiger charge is -2.17. The minimum absolute atomic E-state index is 1.01. The molecule has 0 unspecified atom stereocenters. The number of hydrogen-bond donors (Lipinski definition) is 1. The van der Waals surface area contributed by atoms with Crippen LogP contribution in [0.1, 0.15) is 5.69 Å². The molecule has 72 valence electrons. The molecule has 1 aromatic heterocycles. The van der Waals surface area contributed by atoms with E-state index < -0.39 is 0 Å². The van der Waals surface area contributed by atoms with Crippen molar-refractivity contribution < 1.29 is 0 Å². The van der Waals surface area contributed by atoms with E-state index in [0.29, 0.717) is 0 Å². The van der Waals surface area contributed by atoms with Crippen LogP contribution in [0.15, 0.2) is 24.3 Å². The van der Waals surface area contributed by atoms with E-state index in [0.717, 1.165) is 19.6 Å². The van der Waals surface area contributed by atoms with Gasteiger partial charge in [-0.25, -0.2) is 0 Å². The van der Waals surface area contributed by atoms with Gasteiger partial charge < -0.3 is 9.88 Å². The average molecular weight is 298 g/mol. The maximum atomic E-state index is 3.39. The topological polar surface area (TPSA) is 17.0 Å². The first-order chi connectivity index (χ1) is 6.84. The van der Waals surface area contributed by atoms with Crippen LogP contribution in [0.4, 0.5) is 0 Å². The first kappa shape index (κ1) is 8.73. The van der Waals surface area contributed by atoms with Gasteiger partial charge in [0.1, 0.15) is 0 Å². The molecule has 3 heteroatoms. The molecule has 0 aliphatic carbocycles. The van der Waals surface area contributed by atoms with Crippen molar-refractivity contribution in [3.8, 4) is 0 Å². The summed E-state index contributed by atoms with van der Waals surface area (Å²) in [6.45, 7) is 3.19. The van der Waals surface area contributed by atoms with E-state index in [1.165, 1.54) is 20.2 Å². The molecule has 2 nitrogen and oxygen atoms in total. The maximum absolute atomic E-state index is 3.39. The quantitative estimate of drug-likeness (QED) is 0.739. The SMILES string of the molecule is Ic1ccc2cc3n(c2c1)CCNC3. The summed E-state index contributed by atoms with van der Waals surface area (Å²) in [6, 6.07) is 8.94. The summed E-state index contributed by atoms with van der Waals surface area (Å²) in [5.41, 5.74) is 2.79. The number of nitrogens with zero attached hydrogens (tertiary/aromatic N) is 1. The summed E-state index contributed by atoms with van der Waals surface area (Å²) in [5, 5.41) is 4.76. The van der Waals surface area contributed by atoms with Crippen molar-refractivity contribution in [1.29, 1.82) is 0 Å². The molecule has 1 aliphatic rings. The van der Waals surface area contributed by atoms with Gasteiger partial charge in [-0.3, -0.25) is 0 Å². The van der Waals surface area contributed by atoms with Gasteiger partial charge in [-0.15, -0.1) is 0 Å². The van der Waals surface area contributed by atoms with Crippen LogP contribution in [0.25, 0.3) is 10.9 Å². The third kappa shape index (κ3) is 1.26. The highest BCUT2D eigenvalue weighted by Gasteiger charge is 2.11. The Hall–Kier alpha value is -0.550. The van der Waals surface area contributed by atoms with Gasteiger partial charge in [0.25, 0.3) is 0 Å². The van der Waals surface area contributed by atoms with Crippen LogP contribution in [0.2, 0.25) is 0 Å². The molecule has 14 heavy (non-hydrogen) atoms. The van der Waals surface area contributed by atoms with Gasteiger partial charge in [0.2, 0.25) is 0 Å². The molecule has 0 fully saturated rings. The largest absolute Gasteiger partial charge is 0.342 e. The van der Waals surface area contributed by atoms with Gasteiger partial charge in [-0.1, -0.05) is 6.07 Å². The second-order valence-electron chi connectivity index (χ2n) is 3.67. The number of aromatic nitrogens is 1. The van der Waals surface area contributed by atoms with Crippen LogP contribution in [-0.2, 0) is 13.1 Å². The van der Waals surface area contributed by atoms with Gasteiger partial charge in [-0.2, -0.15) is 0 Å². The maximum Gasteiger partial charge on any atom is 0.0494 e. The number of hydrogen-bond acceptors (Lipinski definition) is 1. The lowest BCUT2D eigenvalue weighted by molar-refractivity contribution is 0.527. The van der Waals surface area contributed by atoms with Crippen LogP contribution in [0, 0.1) is 3.57 Å². The predicted molar refractivity (Wildman–Crippen MR) is 66.4 cm³/mol. The van der Waals surface area contributed by atoms with Crippen molar-refractivity contribution in [2.45, 2.75) is 13.1 Å². The highest BCUT2D eigenvalue weighted by atomic mass is 127. The Labute approximate surface area is 96.4 Å². The molecule has 0 saturated heterocycles. The monoisotopic (exact) mass is 298 g/mol. The molecule has 1 aromatic carbocycles. The first-order valence-corrected chi connectivity index (χ1v) is 5.91. The van der Waals surface area contributed by atoms with E-state index in [-0.39, 0.29) is 0 Å². The van der Waals surface area contributed by atoms with Crippen molar-refractivity contribution in [3.63, 3.8) is 0 Å². The molecule has 0 radical (unpaired) electrons. The Morgan fingerprint density at radius 1 is 1.29 bits per heavy atom. The third-order valence-corrected chi connectivity index (χ3v) is 3.44. The van der Waals surface area contributed by atoms with Crippen molar-refractivity contribution in [1.82, 2.24) is 9.88 Å². The molecule has 0 bridgehead atoms. The van der Waals surface area contributed by atoms with E-state index in [1.807, 2.05) is 0 Å². The molecule has 2 heterocycles. The molecule has 1 aliphatic heterocycles. The summed E-state index contributed by atoms with van der Waals surface area (Å²) < 4.78 is 3.74. The molecule has 0 amide bonds. The van der Waals surface area contributed by atoms with E-state index >= 15 is 0 Å². The van der Waals surface area contributed by atoms with Gasteiger partial charge in [0, 0.05) is 34.4 Å². The second-order valence-corrected chi connectivity index (χ2v) is 4.91. The van der Waals surface area contributed by atoms with E-state index in [2.05, 4.69) is 56.7 Å². The summed E-state index contributed by atoms with van der Waals surface area (Å²) in [4.78, 5) is 0. The highest BCUT2D eigenvalue weighted by Crippen LogP contribution is 2.23. The second kappa shape index (κ2) is 3.24. The van der Waals surface area contributed by atoms with Crippen LogP contribution in [0.5, 0.6) is 0 Å². The smallest absolute Gasteiger partial charge is 0.0494 e. The van der Waals surface area contributed by atoms with Gasteiger partial charge in [0.15, 0.2) is 0 Å². The van der Waals surface area contributed by atoms with Crippen LogP contribution in [-0.4, -0.2) is 11.1 Å². The van der Waals surface area contributed by atoms with E-state index in [4.69, 9.17) is 0 Å². The number of fused-ring (bicyclic) bond motifs is 3. The van der Waals surface area contributed by atoms with E-state index in [9.17, 15) is 0 Å². The minimum Gasteiger partial charge on any atom is -0.342 e. The fourth-order valence-corrected chi connectivity index (χ4v) is 2.58. The van der Waals surface area contributed by atoms with Crippen LogP contribution in [0.3, 0.4) is 0 Å². The fourth-order valence-electron chi connectivity index (χ4n) is 2.10. The molecule has 0 saturated carbocycles. The molecular formula is C11H11IN2. The lowest BCUT2D eigenvalue weighted by atomic mass is 10.2. The van der Waals surface area contributed by atoms with Crippen molar-refractivity contribution in [3.05, 3.63) is 33.5 Å². The summed E-state index contributed by atoms with van der Waals surface area (Å²) >= 11 is 2.37. The number of rotatable bonds is 0. The van der Waals surface area contributed by atoms with Gasteiger partial charge in [-0.05, 0) is 46.2 Å². The minimum atomic E-state index is 1.01. The Kier molecular flexibility index (Phi) is 2.02. The zero-order valence-corrected chi connectivity index (χ0v) is 9.91. The first-order valence-electron chi connectivity index (χ1n) is 4.83. The average Bonchev–Trinajstić information content (AvgIpc) is 2.56. The fraction of sp³-hybridized carbons (Fsp3) is 0.273. The zero-order valence-electron chi connectivity index (χ0n) is 7.76. The number of nitrogens with one attached hydrogen (secondary N) is 1. The standard InChI is InChI=1S/C11H11IN2/c12-9-2-1-8-5-10-7-13-3-4-14(10)11(8)6-9/h1-2,5-6,13H,3-4,7H2. The van der Waals surface area contributed by atoms with Crippen molar-refractivity contribution >= 4 is 33.5 Å². The molecule has 1 N–H and O–H groups in total. The van der Waals surface area contributed by atoms with Crippen LogP contribution < -0.4 is 5.32 Å². The van der Waals surface area contributed by atoms with Gasteiger partial charge in [0.05, 0.1) is 0 Å². The summed E-state index contributed by atoms with van der Waals surface area (Å²) in [6.07, 6.45) is 0. The van der Waals surface area contributed by atoms with Crippen molar-refractivity contribution in [2.75, 3.05) is 6.54 Å². The Morgan fingerprint density at radius 2 is 2.21 bits per heavy atom. The summed E-state index contributed by atoms with van der Waals surface area (Å²) in [5.74, 6) is 0. The molecule has 0 spiro atoms. The summed E-state index contributed by atoms with van der Waals surface area (Å²) in [7, 11) is 0. The number of halogens is 1. The van der Waals surface area contributed by atoms with E-state index in [1.54, 1.807) is 0 Å². The highest BCUT2D eigenvalue weighted by molar-refractivity contribution is 14.1. The normalized spacial score (nSPS) is 15.8. The lowest BCUT2D eigenvalue weighted by Crippen LogP contribution is -2.27. The van der Waals surface area contributed by atoms with Crippen molar-refractivity contribution in [2.24, 2.45) is 0 Å². The third-order valence-electron chi connectivity index (χ3n) is 2.77.